The lowest BCUT2D eigenvalue weighted by molar-refractivity contribution is -0.114. The lowest BCUT2D eigenvalue weighted by Crippen LogP contribution is -2.23. The summed E-state index contributed by atoms with van der Waals surface area (Å²) in [4.78, 5) is 12.2. The van der Waals surface area contributed by atoms with Crippen LogP contribution in [0.1, 0.15) is 42.0 Å². The number of anilines is 2. The van der Waals surface area contributed by atoms with Crippen LogP contribution in [0.25, 0.3) is 0 Å². The quantitative estimate of drug-likeness (QED) is 0.834. The number of nitrogens with one attached hydrogen (secondary N) is 2. The molecule has 0 unspecified atom stereocenters. The van der Waals surface area contributed by atoms with Crippen LogP contribution in [-0.4, -0.2) is 12.5 Å². The minimum atomic E-state index is -0.0325. The van der Waals surface area contributed by atoms with Crippen LogP contribution in [0.5, 0.6) is 0 Å². The van der Waals surface area contributed by atoms with E-state index in [9.17, 15) is 4.79 Å². The van der Waals surface area contributed by atoms with Gasteiger partial charge in [0.1, 0.15) is 0 Å². The number of benzene rings is 2. The maximum atomic E-state index is 12.2. The van der Waals surface area contributed by atoms with Crippen molar-refractivity contribution < 1.29 is 4.79 Å². The fourth-order valence-corrected chi connectivity index (χ4v) is 2.73. The Bertz CT molecular complexity index is 705. The summed E-state index contributed by atoms with van der Waals surface area (Å²) in [5.74, 6) is 0.384. The Morgan fingerprint density at radius 3 is 2.43 bits per heavy atom. The highest BCUT2D eigenvalue weighted by Gasteiger charge is 2.11. The van der Waals surface area contributed by atoms with Crippen molar-refractivity contribution in [3.8, 4) is 0 Å². The largest absolute Gasteiger partial charge is 0.376 e. The first kappa shape index (κ1) is 17.1. The number of aryl methyl sites for hydroxylation is 3. The van der Waals surface area contributed by atoms with Crippen molar-refractivity contribution in [1.82, 2.24) is 0 Å². The predicted octanol–water partition coefficient (Wildman–Crippen LogP) is 4.79. The molecular formula is C20H26N2O. The van der Waals surface area contributed by atoms with Gasteiger partial charge < -0.3 is 10.6 Å². The smallest absolute Gasteiger partial charge is 0.243 e. The van der Waals surface area contributed by atoms with E-state index in [0.29, 0.717) is 5.92 Å². The van der Waals surface area contributed by atoms with Crippen molar-refractivity contribution >= 4 is 17.3 Å². The van der Waals surface area contributed by atoms with Gasteiger partial charge >= 0.3 is 0 Å². The molecule has 3 nitrogen and oxygen atoms in total. The number of carbonyl (C=O) groups is 1. The Kier molecular flexibility index (Phi) is 5.43. The molecule has 0 spiro atoms. The van der Waals surface area contributed by atoms with E-state index < -0.39 is 0 Å². The second-order valence-corrected chi connectivity index (χ2v) is 6.41. The van der Waals surface area contributed by atoms with Crippen LogP contribution in [0.3, 0.4) is 0 Å². The van der Waals surface area contributed by atoms with Crippen LogP contribution >= 0.6 is 0 Å². The van der Waals surface area contributed by atoms with E-state index in [1.54, 1.807) is 0 Å². The Balaban J connectivity index is 2.05. The van der Waals surface area contributed by atoms with E-state index >= 15 is 0 Å². The van der Waals surface area contributed by atoms with Crippen molar-refractivity contribution in [3.63, 3.8) is 0 Å². The zero-order valence-corrected chi connectivity index (χ0v) is 14.7. The number of para-hydroxylation sites is 1. The Morgan fingerprint density at radius 2 is 1.78 bits per heavy atom. The first-order chi connectivity index (χ1) is 10.9. The molecule has 3 heteroatoms. The molecule has 1 amide bonds. The van der Waals surface area contributed by atoms with Crippen molar-refractivity contribution in [2.75, 3.05) is 17.2 Å². The van der Waals surface area contributed by atoms with Crippen molar-refractivity contribution in [1.29, 1.82) is 0 Å². The van der Waals surface area contributed by atoms with E-state index in [2.05, 4.69) is 55.7 Å². The standard InChI is InChI=1S/C20H26N2O/c1-13(2)17-8-6-7-15(4)20(17)21-12-19(23)22-18-10-9-14(3)11-16(18)5/h6-11,13,21H,12H2,1-5H3,(H,22,23). The van der Waals surface area contributed by atoms with Gasteiger partial charge in [0, 0.05) is 11.4 Å². The first-order valence-electron chi connectivity index (χ1n) is 8.09. The third-order valence-corrected chi connectivity index (χ3v) is 4.01. The van der Waals surface area contributed by atoms with E-state index in [1.165, 1.54) is 11.1 Å². The third-order valence-electron chi connectivity index (χ3n) is 4.01. The maximum Gasteiger partial charge on any atom is 0.243 e. The molecule has 0 aliphatic carbocycles. The number of carbonyl (C=O) groups excluding carboxylic acids is 1. The summed E-state index contributed by atoms with van der Waals surface area (Å²) in [6, 6.07) is 12.3. The molecular weight excluding hydrogens is 284 g/mol. The topological polar surface area (TPSA) is 41.1 Å². The highest BCUT2D eigenvalue weighted by molar-refractivity contribution is 5.94. The average Bonchev–Trinajstić information content (AvgIpc) is 2.48. The minimum Gasteiger partial charge on any atom is -0.376 e. The van der Waals surface area contributed by atoms with E-state index in [1.807, 2.05) is 26.0 Å². The second-order valence-electron chi connectivity index (χ2n) is 6.41. The van der Waals surface area contributed by atoms with Gasteiger partial charge in [-0.1, -0.05) is 49.7 Å². The van der Waals surface area contributed by atoms with Crippen molar-refractivity contribution in [3.05, 3.63) is 58.7 Å². The van der Waals surface area contributed by atoms with E-state index in [0.717, 1.165) is 22.5 Å². The van der Waals surface area contributed by atoms with E-state index in [4.69, 9.17) is 0 Å². The lowest BCUT2D eigenvalue weighted by Gasteiger charge is -2.17. The highest BCUT2D eigenvalue weighted by atomic mass is 16.1. The molecule has 122 valence electrons. The lowest BCUT2D eigenvalue weighted by atomic mass is 9.98. The molecule has 2 aromatic carbocycles. The van der Waals surface area contributed by atoms with Gasteiger partial charge in [0.25, 0.3) is 0 Å². The molecule has 0 heterocycles. The Morgan fingerprint density at radius 1 is 1.04 bits per heavy atom. The molecule has 0 atom stereocenters. The maximum absolute atomic E-state index is 12.2. The van der Waals surface area contributed by atoms with Gasteiger partial charge in [-0.25, -0.2) is 0 Å². The summed E-state index contributed by atoms with van der Waals surface area (Å²) in [6.45, 7) is 10.7. The van der Waals surface area contributed by atoms with Gasteiger partial charge in [-0.3, -0.25) is 4.79 Å². The molecule has 0 aliphatic rings. The number of rotatable bonds is 5. The molecule has 2 rings (SSSR count). The summed E-state index contributed by atoms with van der Waals surface area (Å²) < 4.78 is 0. The molecule has 0 radical (unpaired) electrons. The van der Waals surface area contributed by atoms with Crippen LogP contribution in [0, 0.1) is 20.8 Å². The van der Waals surface area contributed by atoms with Crippen LogP contribution < -0.4 is 10.6 Å². The predicted molar refractivity (Wildman–Crippen MR) is 98.3 cm³/mol. The minimum absolute atomic E-state index is 0.0325. The average molecular weight is 310 g/mol. The van der Waals surface area contributed by atoms with Gasteiger partial charge in [0.15, 0.2) is 0 Å². The van der Waals surface area contributed by atoms with Gasteiger partial charge in [0.2, 0.25) is 5.91 Å². The van der Waals surface area contributed by atoms with Crippen molar-refractivity contribution in [2.45, 2.75) is 40.5 Å². The molecule has 0 aromatic heterocycles. The molecule has 2 aromatic rings. The second kappa shape index (κ2) is 7.32. The van der Waals surface area contributed by atoms with Gasteiger partial charge in [-0.2, -0.15) is 0 Å². The van der Waals surface area contributed by atoms with Gasteiger partial charge in [0.05, 0.1) is 6.54 Å². The van der Waals surface area contributed by atoms with Gasteiger partial charge in [-0.05, 0) is 49.4 Å². The fourth-order valence-electron chi connectivity index (χ4n) is 2.73. The molecule has 2 N–H and O–H groups in total. The fraction of sp³-hybridized carbons (Fsp3) is 0.350. The van der Waals surface area contributed by atoms with Crippen LogP contribution in [0.2, 0.25) is 0 Å². The monoisotopic (exact) mass is 310 g/mol. The van der Waals surface area contributed by atoms with Crippen LogP contribution in [-0.2, 0) is 4.79 Å². The summed E-state index contributed by atoms with van der Waals surface area (Å²) in [5, 5.41) is 6.28. The van der Waals surface area contributed by atoms with E-state index in [-0.39, 0.29) is 12.5 Å². The number of amides is 1. The number of hydrogen-bond acceptors (Lipinski definition) is 2. The van der Waals surface area contributed by atoms with Crippen molar-refractivity contribution in [2.24, 2.45) is 0 Å². The normalized spacial score (nSPS) is 10.7. The third kappa shape index (κ3) is 4.35. The zero-order valence-electron chi connectivity index (χ0n) is 14.7. The molecule has 23 heavy (non-hydrogen) atoms. The first-order valence-corrected chi connectivity index (χ1v) is 8.09. The van der Waals surface area contributed by atoms with Crippen LogP contribution in [0.15, 0.2) is 36.4 Å². The summed E-state index contributed by atoms with van der Waals surface area (Å²) in [7, 11) is 0. The molecule has 0 saturated heterocycles. The highest BCUT2D eigenvalue weighted by Crippen LogP contribution is 2.27. The SMILES string of the molecule is Cc1ccc(NC(=O)CNc2c(C)cccc2C(C)C)c(C)c1. The van der Waals surface area contributed by atoms with Gasteiger partial charge in [-0.15, -0.1) is 0 Å². The summed E-state index contributed by atoms with van der Waals surface area (Å²) in [6.07, 6.45) is 0. The molecule has 0 saturated carbocycles. The Labute approximate surface area is 139 Å². The summed E-state index contributed by atoms with van der Waals surface area (Å²) in [5.41, 5.74) is 6.62. The zero-order chi connectivity index (χ0) is 17.0. The molecule has 0 aliphatic heterocycles. The number of hydrogen-bond donors (Lipinski definition) is 2. The Hall–Kier alpha value is -2.29. The molecule has 0 bridgehead atoms. The summed E-state index contributed by atoms with van der Waals surface area (Å²) >= 11 is 0. The molecule has 0 fully saturated rings. The van der Waals surface area contributed by atoms with Crippen LogP contribution in [0.4, 0.5) is 11.4 Å².